The zero-order valence-electron chi connectivity index (χ0n) is 11.5. The van der Waals surface area contributed by atoms with Crippen LogP contribution in [0, 0.1) is 13.8 Å². The van der Waals surface area contributed by atoms with Crippen LogP contribution in [0.15, 0.2) is 24.4 Å². The van der Waals surface area contributed by atoms with E-state index in [1.807, 2.05) is 13.8 Å². The minimum Gasteiger partial charge on any atom is -0.381 e. The van der Waals surface area contributed by atoms with Crippen molar-refractivity contribution in [2.45, 2.75) is 32.7 Å². The van der Waals surface area contributed by atoms with E-state index in [9.17, 15) is 0 Å². The molecule has 0 aromatic carbocycles. The summed E-state index contributed by atoms with van der Waals surface area (Å²) in [5, 5.41) is 0. The highest BCUT2D eigenvalue weighted by molar-refractivity contribution is 5.55. The van der Waals surface area contributed by atoms with E-state index < -0.39 is 0 Å². The second-order valence-electron chi connectivity index (χ2n) is 5.09. The van der Waals surface area contributed by atoms with Crippen molar-refractivity contribution < 1.29 is 4.74 Å². The number of aromatic nitrogens is 3. The predicted molar refractivity (Wildman–Crippen MR) is 74.0 cm³/mol. The quantitative estimate of drug-likeness (QED) is 0.830. The Bertz CT molecular complexity index is 550. The Labute approximate surface area is 113 Å². The van der Waals surface area contributed by atoms with Crippen LogP contribution in [0.1, 0.15) is 30.4 Å². The molecule has 1 saturated heterocycles. The minimum atomic E-state index is 0.523. The van der Waals surface area contributed by atoms with Crippen molar-refractivity contribution in [3.63, 3.8) is 0 Å². The van der Waals surface area contributed by atoms with Crippen molar-refractivity contribution in [1.82, 2.24) is 14.5 Å². The first kappa shape index (κ1) is 12.4. The van der Waals surface area contributed by atoms with Gasteiger partial charge in [-0.15, -0.1) is 0 Å². The van der Waals surface area contributed by atoms with Gasteiger partial charge in [0.2, 0.25) is 0 Å². The number of hydrogen-bond acceptors (Lipinski definition) is 3. The second kappa shape index (κ2) is 5.13. The monoisotopic (exact) mass is 257 g/mol. The van der Waals surface area contributed by atoms with Crippen molar-refractivity contribution >= 4 is 0 Å². The third-order valence-corrected chi connectivity index (χ3v) is 3.59. The summed E-state index contributed by atoms with van der Waals surface area (Å²) in [6, 6.07) is 6.81. The van der Waals surface area contributed by atoms with Gasteiger partial charge < -0.3 is 9.30 Å². The molecule has 1 aliphatic heterocycles. The fourth-order valence-electron chi connectivity index (χ4n) is 2.74. The fraction of sp³-hybridized carbons (Fsp3) is 0.467. The molecular formula is C15H19N3O. The van der Waals surface area contributed by atoms with Crippen molar-refractivity contribution in [2.24, 2.45) is 0 Å². The van der Waals surface area contributed by atoms with E-state index >= 15 is 0 Å². The maximum absolute atomic E-state index is 5.44. The molecule has 0 amide bonds. The zero-order valence-corrected chi connectivity index (χ0v) is 11.5. The lowest BCUT2D eigenvalue weighted by Gasteiger charge is -2.25. The lowest BCUT2D eigenvalue weighted by Crippen LogP contribution is -2.19. The number of aryl methyl sites for hydroxylation is 2. The molecule has 0 N–H and O–H groups in total. The standard InChI is InChI=1S/C15H19N3O/c1-11-10-14(17-12(2)16-11)15-4-3-7-18(15)13-5-8-19-9-6-13/h3-4,7,10,13H,5-6,8-9H2,1-2H3. The highest BCUT2D eigenvalue weighted by atomic mass is 16.5. The first-order chi connectivity index (χ1) is 9.24. The van der Waals surface area contributed by atoms with Gasteiger partial charge in [-0.05, 0) is 44.9 Å². The molecule has 4 heteroatoms. The normalized spacial score (nSPS) is 16.7. The van der Waals surface area contributed by atoms with Crippen LogP contribution in [0.3, 0.4) is 0 Å². The summed E-state index contributed by atoms with van der Waals surface area (Å²) < 4.78 is 7.78. The molecule has 0 spiro atoms. The van der Waals surface area contributed by atoms with E-state index in [-0.39, 0.29) is 0 Å². The van der Waals surface area contributed by atoms with E-state index in [0.29, 0.717) is 6.04 Å². The third-order valence-electron chi connectivity index (χ3n) is 3.59. The first-order valence-corrected chi connectivity index (χ1v) is 6.81. The first-order valence-electron chi connectivity index (χ1n) is 6.81. The summed E-state index contributed by atoms with van der Waals surface area (Å²) in [6.45, 7) is 5.66. The third kappa shape index (κ3) is 2.54. The van der Waals surface area contributed by atoms with Gasteiger partial charge in [0.1, 0.15) is 5.82 Å². The van der Waals surface area contributed by atoms with Gasteiger partial charge >= 0.3 is 0 Å². The molecule has 0 saturated carbocycles. The molecule has 0 radical (unpaired) electrons. The highest BCUT2D eigenvalue weighted by Gasteiger charge is 2.18. The zero-order chi connectivity index (χ0) is 13.2. The molecule has 0 bridgehead atoms. The van der Waals surface area contributed by atoms with Crippen molar-refractivity contribution in [3.8, 4) is 11.4 Å². The number of nitrogens with zero attached hydrogens (tertiary/aromatic N) is 3. The van der Waals surface area contributed by atoms with Gasteiger partial charge in [-0.3, -0.25) is 0 Å². The Morgan fingerprint density at radius 2 is 2.00 bits per heavy atom. The van der Waals surface area contributed by atoms with E-state index in [1.54, 1.807) is 0 Å². The van der Waals surface area contributed by atoms with Crippen molar-refractivity contribution in [1.29, 1.82) is 0 Å². The lowest BCUT2D eigenvalue weighted by molar-refractivity contribution is 0.0701. The Kier molecular flexibility index (Phi) is 3.34. The lowest BCUT2D eigenvalue weighted by atomic mass is 10.1. The van der Waals surface area contributed by atoms with Gasteiger partial charge in [-0.2, -0.15) is 0 Å². The van der Waals surface area contributed by atoms with Crippen LogP contribution in [-0.2, 0) is 4.74 Å². The van der Waals surface area contributed by atoms with Gasteiger partial charge in [-0.25, -0.2) is 9.97 Å². The average molecular weight is 257 g/mol. The van der Waals surface area contributed by atoms with Crippen LogP contribution < -0.4 is 0 Å². The van der Waals surface area contributed by atoms with Crippen LogP contribution in [0.5, 0.6) is 0 Å². The smallest absolute Gasteiger partial charge is 0.126 e. The molecular weight excluding hydrogens is 238 g/mol. The van der Waals surface area contributed by atoms with E-state index in [0.717, 1.165) is 43.3 Å². The summed E-state index contributed by atoms with van der Waals surface area (Å²) in [7, 11) is 0. The average Bonchev–Trinajstić information content (AvgIpc) is 2.88. The number of ether oxygens (including phenoxy) is 1. The largest absolute Gasteiger partial charge is 0.381 e. The summed E-state index contributed by atoms with van der Waals surface area (Å²) in [6.07, 6.45) is 4.30. The molecule has 0 unspecified atom stereocenters. The minimum absolute atomic E-state index is 0.523. The molecule has 19 heavy (non-hydrogen) atoms. The molecule has 2 aromatic rings. The molecule has 100 valence electrons. The molecule has 2 aromatic heterocycles. The van der Waals surface area contributed by atoms with Crippen LogP contribution in [0.2, 0.25) is 0 Å². The van der Waals surface area contributed by atoms with Crippen LogP contribution in [0.4, 0.5) is 0 Å². The summed E-state index contributed by atoms with van der Waals surface area (Å²) >= 11 is 0. The van der Waals surface area contributed by atoms with E-state index in [4.69, 9.17) is 4.74 Å². The Morgan fingerprint density at radius 1 is 1.21 bits per heavy atom. The van der Waals surface area contributed by atoms with Gasteiger partial charge in [0.25, 0.3) is 0 Å². The molecule has 1 fully saturated rings. The Hall–Kier alpha value is -1.68. The molecule has 0 aliphatic carbocycles. The van der Waals surface area contributed by atoms with Crippen LogP contribution >= 0.6 is 0 Å². The van der Waals surface area contributed by atoms with Crippen molar-refractivity contribution in [3.05, 3.63) is 35.9 Å². The SMILES string of the molecule is Cc1cc(-c2cccn2C2CCOCC2)nc(C)n1. The topological polar surface area (TPSA) is 39.9 Å². The Morgan fingerprint density at radius 3 is 2.74 bits per heavy atom. The maximum atomic E-state index is 5.44. The number of rotatable bonds is 2. The van der Waals surface area contributed by atoms with Crippen LogP contribution in [-0.4, -0.2) is 27.7 Å². The highest BCUT2D eigenvalue weighted by Crippen LogP contribution is 2.28. The molecule has 0 atom stereocenters. The molecule has 3 rings (SSSR count). The van der Waals surface area contributed by atoms with Gasteiger partial charge in [0.15, 0.2) is 0 Å². The summed E-state index contributed by atoms with van der Waals surface area (Å²) in [4.78, 5) is 8.91. The molecule has 4 nitrogen and oxygen atoms in total. The maximum Gasteiger partial charge on any atom is 0.126 e. The van der Waals surface area contributed by atoms with E-state index in [2.05, 4.69) is 38.9 Å². The number of hydrogen-bond donors (Lipinski definition) is 0. The second-order valence-corrected chi connectivity index (χ2v) is 5.09. The van der Waals surface area contributed by atoms with Gasteiger partial charge in [0, 0.05) is 31.1 Å². The fourth-order valence-corrected chi connectivity index (χ4v) is 2.74. The van der Waals surface area contributed by atoms with Crippen LogP contribution in [0.25, 0.3) is 11.4 Å². The summed E-state index contributed by atoms with van der Waals surface area (Å²) in [5.74, 6) is 0.828. The van der Waals surface area contributed by atoms with Gasteiger partial charge in [0.05, 0.1) is 11.4 Å². The van der Waals surface area contributed by atoms with E-state index in [1.165, 1.54) is 5.69 Å². The molecule has 3 heterocycles. The molecule has 1 aliphatic rings. The predicted octanol–water partition coefficient (Wildman–Crippen LogP) is 2.91. The Balaban J connectivity index is 1.98. The van der Waals surface area contributed by atoms with Crippen molar-refractivity contribution in [2.75, 3.05) is 13.2 Å². The van der Waals surface area contributed by atoms with Gasteiger partial charge in [-0.1, -0.05) is 0 Å². The summed E-state index contributed by atoms with van der Waals surface area (Å²) in [5.41, 5.74) is 3.21.